The predicted molar refractivity (Wildman–Crippen MR) is 106 cm³/mol. The van der Waals surface area contributed by atoms with Crippen LogP contribution in [0.15, 0.2) is 59.2 Å². The predicted octanol–water partition coefficient (Wildman–Crippen LogP) is 4.10. The number of rotatable bonds is 7. The largest absolute Gasteiger partial charge is 0.464 e. The maximum Gasteiger partial charge on any atom is 0.311 e. The van der Waals surface area contributed by atoms with E-state index in [-0.39, 0.29) is 18.4 Å². The van der Waals surface area contributed by atoms with Gasteiger partial charge in [0.15, 0.2) is 0 Å². The van der Waals surface area contributed by atoms with Gasteiger partial charge in [-0.3, -0.25) is 9.59 Å². The summed E-state index contributed by atoms with van der Waals surface area (Å²) in [6, 6.07) is 15.3. The number of aryl methyl sites for hydroxylation is 1. The van der Waals surface area contributed by atoms with Gasteiger partial charge in [-0.25, -0.2) is 0 Å². The van der Waals surface area contributed by atoms with Crippen molar-refractivity contribution in [2.24, 2.45) is 0 Å². The molecule has 28 heavy (non-hydrogen) atoms. The summed E-state index contributed by atoms with van der Waals surface area (Å²) in [6.45, 7) is 2.08. The Kier molecular flexibility index (Phi) is 5.15. The van der Waals surface area contributed by atoms with Gasteiger partial charge in [-0.1, -0.05) is 49.4 Å². The zero-order valence-electron chi connectivity index (χ0n) is 15.8. The number of carbonyl (C=O) groups excluding carboxylic acids is 2. The number of amides is 1. The molecule has 0 unspecified atom stereocenters. The van der Waals surface area contributed by atoms with Crippen LogP contribution in [0.25, 0.3) is 11.0 Å². The molecule has 1 N–H and O–H groups in total. The van der Waals surface area contributed by atoms with Crippen LogP contribution in [0, 0.1) is 0 Å². The van der Waals surface area contributed by atoms with Crippen molar-refractivity contribution in [1.82, 2.24) is 5.32 Å². The van der Waals surface area contributed by atoms with E-state index in [1.165, 1.54) is 5.56 Å². The Bertz CT molecular complexity index is 988. The van der Waals surface area contributed by atoms with E-state index < -0.39 is 12.1 Å². The van der Waals surface area contributed by atoms with Gasteiger partial charge in [0.2, 0.25) is 6.10 Å². The molecule has 2 aromatic carbocycles. The second-order valence-corrected chi connectivity index (χ2v) is 7.19. The molecule has 1 aliphatic carbocycles. The van der Waals surface area contributed by atoms with Crippen LogP contribution in [0.3, 0.4) is 0 Å². The molecule has 1 heterocycles. The van der Waals surface area contributed by atoms with Crippen LogP contribution in [0.2, 0.25) is 0 Å². The minimum absolute atomic E-state index is 0.0541. The zero-order chi connectivity index (χ0) is 19.5. The number of furan rings is 1. The average Bonchev–Trinajstić information content (AvgIpc) is 3.45. The van der Waals surface area contributed by atoms with E-state index in [0.717, 1.165) is 35.8 Å². The molecule has 1 atom stereocenters. The smallest absolute Gasteiger partial charge is 0.311 e. The molecule has 0 bridgehead atoms. The number of hydrogen-bond donors (Lipinski definition) is 1. The second-order valence-electron chi connectivity index (χ2n) is 7.19. The normalized spacial score (nSPS) is 14.6. The quantitative estimate of drug-likeness (QED) is 0.630. The topological polar surface area (TPSA) is 68.5 Å². The number of benzene rings is 2. The highest BCUT2D eigenvalue weighted by Crippen LogP contribution is 2.26. The highest BCUT2D eigenvalue weighted by Gasteiger charge is 2.31. The van der Waals surface area contributed by atoms with Crippen LogP contribution in [-0.2, 0) is 27.2 Å². The van der Waals surface area contributed by atoms with Crippen molar-refractivity contribution < 1.29 is 18.7 Å². The van der Waals surface area contributed by atoms with Crippen LogP contribution in [0.4, 0.5) is 0 Å². The monoisotopic (exact) mass is 377 g/mol. The van der Waals surface area contributed by atoms with Crippen molar-refractivity contribution in [2.75, 3.05) is 0 Å². The van der Waals surface area contributed by atoms with Crippen LogP contribution in [-0.4, -0.2) is 17.9 Å². The van der Waals surface area contributed by atoms with Gasteiger partial charge in [-0.05, 0) is 30.9 Å². The van der Waals surface area contributed by atoms with Crippen molar-refractivity contribution in [2.45, 2.75) is 44.8 Å². The summed E-state index contributed by atoms with van der Waals surface area (Å²) in [5.41, 5.74) is 3.36. The van der Waals surface area contributed by atoms with Crippen LogP contribution >= 0.6 is 0 Å². The van der Waals surface area contributed by atoms with Crippen LogP contribution in [0.5, 0.6) is 0 Å². The number of nitrogens with one attached hydrogen (secondary N) is 1. The highest BCUT2D eigenvalue weighted by molar-refractivity contribution is 5.88. The summed E-state index contributed by atoms with van der Waals surface area (Å²) in [5, 5.41) is 3.82. The van der Waals surface area contributed by atoms with Gasteiger partial charge in [-0.2, -0.15) is 0 Å². The van der Waals surface area contributed by atoms with E-state index in [4.69, 9.17) is 9.15 Å². The van der Waals surface area contributed by atoms with Crippen molar-refractivity contribution in [1.29, 1.82) is 0 Å². The Hall–Kier alpha value is -3.08. The van der Waals surface area contributed by atoms with E-state index in [9.17, 15) is 9.59 Å². The first-order valence-electron chi connectivity index (χ1n) is 9.68. The van der Waals surface area contributed by atoms with Gasteiger partial charge in [0.25, 0.3) is 5.91 Å². The molecule has 144 valence electrons. The van der Waals surface area contributed by atoms with Crippen molar-refractivity contribution >= 4 is 22.8 Å². The summed E-state index contributed by atoms with van der Waals surface area (Å²) >= 11 is 0. The van der Waals surface area contributed by atoms with Crippen molar-refractivity contribution in [3.05, 3.63) is 71.5 Å². The Labute approximate surface area is 163 Å². The molecule has 0 saturated heterocycles. The fourth-order valence-corrected chi connectivity index (χ4v) is 3.22. The number of fused-ring (bicyclic) bond motifs is 1. The van der Waals surface area contributed by atoms with Gasteiger partial charge in [0.05, 0.1) is 12.7 Å². The Morgan fingerprint density at radius 3 is 2.68 bits per heavy atom. The minimum atomic E-state index is -0.945. The lowest BCUT2D eigenvalue weighted by Crippen LogP contribution is -2.33. The fraction of sp³-hybridized carbons (Fsp3) is 0.304. The molecule has 0 radical (unpaired) electrons. The Balaban J connectivity index is 1.50. The summed E-state index contributed by atoms with van der Waals surface area (Å²) < 4.78 is 11.2. The third-order valence-corrected chi connectivity index (χ3v) is 4.98. The van der Waals surface area contributed by atoms with E-state index in [0.29, 0.717) is 5.56 Å². The molecular weight excluding hydrogens is 354 g/mol. The summed E-state index contributed by atoms with van der Waals surface area (Å²) in [7, 11) is 0. The molecule has 0 spiro atoms. The second kappa shape index (κ2) is 7.89. The highest BCUT2D eigenvalue weighted by atomic mass is 16.5. The maximum atomic E-state index is 12.6. The van der Waals surface area contributed by atoms with Gasteiger partial charge < -0.3 is 14.5 Å². The number of hydrogen-bond acceptors (Lipinski definition) is 4. The lowest BCUT2D eigenvalue weighted by molar-refractivity contribution is -0.155. The molecule has 0 aliphatic heterocycles. The molecule has 1 aliphatic rings. The molecular formula is C23H23NO4. The van der Waals surface area contributed by atoms with Crippen molar-refractivity contribution in [3.8, 4) is 0 Å². The van der Waals surface area contributed by atoms with Gasteiger partial charge in [-0.15, -0.1) is 0 Å². The first kappa shape index (κ1) is 18.3. The number of carbonyl (C=O) groups is 2. The molecule has 1 fully saturated rings. The molecule has 5 nitrogen and oxygen atoms in total. The summed E-state index contributed by atoms with van der Waals surface area (Å²) in [5.74, 6) is -0.728. The van der Waals surface area contributed by atoms with Gasteiger partial charge >= 0.3 is 5.97 Å². The third-order valence-electron chi connectivity index (χ3n) is 4.98. The Morgan fingerprint density at radius 1 is 1.18 bits per heavy atom. The third kappa shape index (κ3) is 4.09. The molecule has 1 saturated carbocycles. The first-order valence-corrected chi connectivity index (χ1v) is 9.68. The maximum absolute atomic E-state index is 12.6. The van der Waals surface area contributed by atoms with E-state index >= 15 is 0 Å². The molecule has 3 aromatic rings. The van der Waals surface area contributed by atoms with Gasteiger partial charge in [0.1, 0.15) is 5.58 Å². The van der Waals surface area contributed by atoms with Crippen molar-refractivity contribution in [3.63, 3.8) is 0 Å². The standard InChI is InChI=1S/C23H23NO4/c1-2-15-8-11-19-17(14-27-20(19)12-15)13-21(25)28-22(16-6-4-3-5-7-16)23(26)24-18-9-10-18/h3-8,11-12,14,18,22H,2,9-10,13H2,1H3,(H,24,26)/t22-/m0/s1. The van der Waals surface area contributed by atoms with E-state index in [1.54, 1.807) is 18.4 Å². The molecule has 5 heteroatoms. The zero-order valence-corrected chi connectivity index (χ0v) is 15.8. The van der Waals surface area contributed by atoms with E-state index in [2.05, 4.69) is 12.2 Å². The fourth-order valence-electron chi connectivity index (χ4n) is 3.22. The van der Waals surface area contributed by atoms with E-state index in [1.807, 2.05) is 36.4 Å². The first-order chi connectivity index (χ1) is 13.6. The lowest BCUT2D eigenvalue weighted by atomic mass is 10.1. The molecule has 1 aromatic heterocycles. The average molecular weight is 377 g/mol. The summed E-state index contributed by atoms with van der Waals surface area (Å²) in [6.07, 6.45) is 3.57. The Morgan fingerprint density at radius 2 is 1.96 bits per heavy atom. The lowest BCUT2D eigenvalue weighted by Gasteiger charge is -2.18. The van der Waals surface area contributed by atoms with Crippen LogP contribution in [0.1, 0.15) is 42.6 Å². The summed E-state index contributed by atoms with van der Waals surface area (Å²) in [4.78, 5) is 25.2. The SMILES string of the molecule is CCc1ccc2c(CC(=O)O[C@H](C(=O)NC3CC3)c3ccccc3)coc2c1. The molecule has 1 amide bonds. The van der Waals surface area contributed by atoms with Gasteiger partial charge in [0, 0.05) is 22.6 Å². The molecule has 4 rings (SSSR count). The minimum Gasteiger partial charge on any atom is -0.464 e. The van der Waals surface area contributed by atoms with Crippen LogP contribution < -0.4 is 5.32 Å². The number of esters is 1. The number of ether oxygens (including phenoxy) is 1.